The summed E-state index contributed by atoms with van der Waals surface area (Å²) in [5.41, 5.74) is -0.161. The summed E-state index contributed by atoms with van der Waals surface area (Å²) >= 11 is 0. The van der Waals surface area contributed by atoms with E-state index in [4.69, 9.17) is 4.74 Å². The summed E-state index contributed by atoms with van der Waals surface area (Å²) in [7, 11) is -3.64. The lowest BCUT2D eigenvalue weighted by Gasteiger charge is -2.23. The van der Waals surface area contributed by atoms with E-state index in [-0.39, 0.29) is 16.5 Å². The summed E-state index contributed by atoms with van der Waals surface area (Å²) in [6.07, 6.45) is 4.66. The molecule has 148 valence electrons. The molecule has 0 aliphatic heterocycles. The number of rotatable bonds is 5. The zero-order valence-electron chi connectivity index (χ0n) is 15.4. The lowest BCUT2D eigenvalue weighted by molar-refractivity contribution is -0.127. The van der Waals surface area contributed by atoms with E-state index in [0.717, 1.165) is 38.4 Å². The van der Waals surface area contributed by atoms with Gasteiger partial charge < -0.3 is 10.1 Å². The third kappa shape index (κ3) is 6.06. The third-order valence-corrected chi connectivity index (χ3v) is 5.49. The van der Waals surface area contributed by atoms with Crippen LogP contribution in [0.5, 0.6) is 0 Å². The summed E-state index contributed by atoms with van der Waals surface area (Å²) in [6, 6.07) is 4.97. The first-order chi connectivity index (χ1) is 12.7. The first-order valence-electron chi connectivity index (χ1n) is 8.80. The van der Waals surface area contributed by atoms with Crippen molar-refractivity contribution in [1.82, 2.24) is 10.6 Å². The van der Waals surface area contributed by atoms with E-state index in [1.54, 1.807) is 0 Å². The molecular weight excluding hydrogens is 372 g/mol. The Morgan fingerprint density at radius 2 is 1.74 bits per heavy atom. The van der Waals surface area contributed by atoms with Crippen molar-refractivity contribution >= 4 is 27.7 Å². The summed E-state index contributed by atoms with van der Waals surface area (Å²) in [5.74, 6) is -1.74. The second-order valence-corrected chi connectivity index (χ2v) is 8.60. The van der Waals surface area contributed by atoms with Crippen molar-refractivity contribution in [2.45, 2.75) is 56.1 Å². The molecule has 9 heteroatoms. The lowest BCUT2D eigenvalue weighted by Crippen LogP contribution is -2.48. The fourth-order valence-electron chi connectivity index (χ4n) is 2.92. The maximum Gasteiger partial charge on any atom is 0.340 e. The monoisotopic (exact) mass is 396 g/mol. The second-order valence-electron chi connectivity index (χ2n) is 6.61. The van der Waals surface area contributed by atoms with Gasteiger partial charge in [0.1, 0.15) is 0 Å². The van der Waals surface area contributed by atoms with Crippen molar-refractivity contribution in [1.29, 1.82) is 0 Å². The Morgan fingerprint density at radius 3 is 2.37 bits per heavy atom. The van der Waals surface area contributed by atoms with E-state index in [0.29, 0.717) is 0 Å². The highest BCUT2D eigenvalue weighted by Crippen LogP contribution is 2.18. The molecule has 0 aromatic heterocycles. The molecule has 1 aliphatic carbocycles. The standard InChI is InChI=1S/C18H24N2O6S/c1-12(16(21)20-18(23)19-13-8-4-3-5-9-13)26-17(22)14-10-6-7-11-15(14)27(2,24)25/h6-7,10-13H,3-5,8-9H2,1-2H3,(H2,19,20,21,23)/t12-/m0/s1. The van der Waals surface area contributed by atoms with E-state index in [2.05, 4.69) is 10.6 Å². The summed E-state index contributed by atoms with van der Waals surface area (Å²) < 4.78 is 28.6. The van der Waals surface area contributed by atoms with Crippen LogP contribution in [-0.2, 0) is 19.4 Å². The predicted molar refractivity (Wildman–Crippen MR) is 98.0 cm³/mol. The van der Waals surface area contributed by atoms with Gasteiger partial charge in [0.2, 0.25) is 0 Å². The van der Waals surface area contributed by atoms with Crippen molar-refractivity contribution < 1.29 is 27.5 Å². The van der Waals surface area contributed by atoms with E-state index >= 15 is 0 Å². The Balaban J connectivity index is 1.94. The van der Waals surface area contributed by atoms with E-state index in [1.165, 1.54) is 31.2 Å². The molecule has 1 atom stereocenters. The maximum absolute atomic E-state index is 12.3. The van der Waals surface area contributed by atoms with Gasteiger partial charge in [0, 0.05) is 12.3 Å². The van der Waals surface area contributed by atoms with Gasteiger partial charge in [-0.25, -0.2) is 18.0 Å². The van der Waals surface area contributed by atoms with Crippen molar-refractivity contribution in [3.05, 3.63) is 29.8 Å². The quantitative estimate of drug-likeness (QED) is 0.733. The predicted octanol–water partition coefficient (Wildman–Crippen LogP) is 1.79. The van der Waals surface area contributed by atoms with Gasteiger partial charge in [-0.1, -0.05) is 31.4 Å². The molecule has 1 aromatic rings. The summed E-state index contributed by atoms with van der Waals surface area (Å²) in [5, 5.41) is 4.87. The summed E-state index contributed by atoms with van der Waals surface area (Å²) in [6.45, 7) is 1.31. The molecule has 0 radical (unpaired) electrons. The first-order valence-corrected chi connectivity index (χ1v) is 10.7. The smallest absolute Gasteiger partial charge is 0.340 e. The maximum atomic E-state index is 12.3. The lowest BCUT2D eigenvalue weighted by atomic mass is 9.96. The molecule has 1 aromatic carbocycles. The Morgan fingerprint density at radius 1 is 1.11 bits per heavy atom. The number of nitrogens with one attached hydrogen (secondary N) is 2. The van der Waals surface area contributed by atoms with Crippen LogP contribution in [0.3, 0.4) is 0 Å². The zero-order valence-corrected chi connectivity index (χ0v) is 16.2. The minimum absolute atomic E-state index is 0.0334. The van der Waals surface area contributed by atoms with Gasteiger partial charge in [-0.15, -0.1) is 0 Å². The molecule has 0 bridgehead atoms. The largest absolute Gasteiger partial charge is 0.449 e. The molecule has 1 fully saturated rings. The molecule has 0 heterocycles. The molecule has 8 nitrogen and oxygen atoms in total. The number of imide groups is 1. The van der Waals surface area contributed by atoms with Crippen LogP contribution in [0.25, 0.3) is 0 Å². The van der Waals surface area contributed by atoms with Gasteiger partial charge in [-0.05, 0) is 31.9 Å². The van der Waals surface area contributed by atoms with Crippen molar-refractivity contribution in [2.75, 3.05) is 6.26 Å². The highest BCUT2D eigenvalue weighted by Gasteiger charge is 2.25. The number of carbonyl (C=O) groups excluding carboxylic acids is 3. The number of esters is 1. The van der Waals surface area contributed by atoms with E-state index in [9.17, 15) is 22.8 Å². The van der Waals surface area contributed by atoms with Crippen LogP contribution in [0.4, 0.5) is 4.79 Å². The summed E-state index contributed by atoms with van der Waals surface area (Å²) in [4.78, 5) is 36.1. The molecule has 0 saturated heterocycles. The highest BCUT2D eigenvalue weighted by molar-refractivity contribution is 7.90. The number of hydrogen-bond donors (Lipinski definition) is 2. The molecule has 0 spiro atoms. The van der Waals surface area contributed by atoms with Crippen LogP contribution in [0.1, 0.15) is 49.4 Å². The van der Waals surface area contributed by atoms with Gasteiger partial charge in [0.05, 0.1) is 10.5 Å². The van der Waals surface area contributed by atoms with Crippen LogP contribution in [0, 0.1) is 0 Å². The van der Waals surface area contributed by atoms with Gasteiger partial charge in [-0.2, -0.15) is 0 Å². The number of carbonyl (C=O) groups is 3. The Bertz CT molecular complexity index is 815. The van der Waals surface area contributed by atoms with Crippen LogP contribution >= 0.6 is 0 Å². The van der Waals surface area contributed by atoms with Gasteiger partial charge >= 0.3 is 12.0 Å². The van der Waals surface area contributed by atoms with Crippen LogP contribution in [0.2, 0.25) is 0 Å². The molecule has 1 saturated carbocycles. The first kappa shape index (κ1) is 20.9. The number of hydrogen-bond acceptors (Lipinski definition) is 6. The van der Waals surface area contributed by atoms with E-state index in [1.807, 2.05) is 0 Å². The fraction of sp³-hybridized carbons (Fsp3) is 0.500. The Kier molecular flexibility index (Phi) is 6.95. The minimum Gasteiger partial charge on any atom is -0.449 e. The Hall–Kier alpha value is -2.42. The van der Waals surface area contributed by atoms with Crippen LogP contribution in [-0.4, -0.2) is 44.7 Å². The molecule has 3 amide bonds. The SMILES string of the molecule is C[C@H](OC(=O)c1ccccc1S(C)(=O)=O)C(=O)NC(=O)NC1CCCCC1. The van der Waals surface area contributed by atoms with Crippen LogP contribution < -0.4 is 10.6 Å². The fourth-order valence-corrected chi connectivity index (χ4v) is 3.79. The number of amides is 3. The minimum atomic E-state index is -3.64. The molecule has 27 heavy (non-hydrogen) atoms. The average molecular weight is 396 g/mol. The topological polar surface area (TPSA) is 119 Å². The molecule has 2 N–H and O–H groups in total. The molecule has 0 unspecified atom stereocenters. The normalized spacial score (nSPS) is 16.2. The number of ether oxygens (including phenoxy) is 1. The Labute approximate surface area is 158 Å². The van der Waals surface area contributed by atoms with Crippen molar-refractivity contribution in [2.24, 2.45) is 0 Å². The number of urea groups is 1. The highest BCUT2D eigenvalue weighted by atomic mass is 32.2. The number of benzene rings is 1. The molecule has 2 rings (SSSR count). The van der Waals surface area contributed by atoms with E-state index < -0.39 is 33.8 Å². The third-order valence-electron chi connectivity index (χ3n) is 4.34. The van der Waals surface area contributed by atoms with Gasteiger partial charge in [-0.3, -0.25) is 10.1 Å². The van der Waals surface area contributed by atoms with Crippen molar-refractivity contribution in [3.8, 4) is 0 Å². The second kappa shape index (κ2) is 8.98. The van der Waals surface area contributed by atoms with Gasteiger partial charge in [0.15, 0.2) is 15.9 Å². The van der Waals surface area contributed by atoms with Gasteiger partial charge in [0.25, 0.3) is 5.91 Å². The van der Waals surface area contributed by atoms with Crippen LogP contribution in [0.15, 0.2) is 29.2 Å². The molecular formula is C18H24N2O6S. The number of sulfone groups is 1. The average Bonchev–Trinajstić information content (AvgIpc) is 2.61. The van der Waals surface area contributed by atoms with Crippen molar-refractivity contribution in [3.63, 3.8) is 0 Å². The zero-order chi connectivity index (χ0) is 20.0. The molecule has 1 aliphatic rings.